The van der Waals surface area contributed by atoms with Gasteiger partial charge in [0.15, 0.2) is 0 Å². The molecule has 2 N–H and O–H groups in total. The van der Waals surface area contributed by atoms with Gasteiger partial charge >= 0.3 is 18.6 Å². The molecule has 0 unspecified atom stereocenters. The Labute approximate surface area is 185 Å². The number of rotatable bonds is 2. The van der Waals surface area contributed by atoms with Crippen LogP contribution >= 0.6 is 0 Å². The quantitative estimate of drug-likeness (QED) is 0.168. The number of hydrogen-bond donors (Lipinski definition) is 1. The molecule has 2 aromatic carbocycles. The molecule has 4 aromatic rings. The first-order chi connectivity index (χ1) is 13.1. The van der Waals surface area contributed by atoms with E-state index < -0.39 is 0 Å². The van der Waals surface area contributed by atoms with Crippen LogP contribution in [0.1, 0.15) is 5.56 Å². The zero-order valence-electron chi connectivity index (χ0n) is 15.0. The molecule has 29 heavy (non-hydrogen) atoms. The molecule has 9 heteroatoms. The molecule has 2 heterocycles. The van der Waals surface area contributed by atoms with Crippen molar-refractivity contribution < 1.29 is 29.1 Å². The summed E-state index contributed by atoms with van der Waals surface area (Å²) in [6.07, 6.45) is 4.92. The van der Waals surface area contributed by atoms with Crippen molar-refractivity contribution in [3.05, 3.63) is 78.6 Å². The average Bonchev–Trinajstić information content (AvgIpc) is 2.70. The van der Waals surface area contributed by atoms with Crippen LogP contribution in [-0.2, 0) is 36.7 Å². The molecule has 0 aliphatic carbocycles. The van der Waals surface area contributed by atoms with Crippen LogP contribution < -0.4 is 10.8 Å². The van der Waals surface area contributed by atoms with Crippen LogP contribution in [0.25, 0.3) is 21.8 Å². The van der Waals surface area contributed by atoms with E-state index in [0.717, 1.165) is 21.8 Å². The minimum atomic E-state index is -0.107. The van der Waals surface area contributed by atoms with E-state index in [0.29, 0.717) is 5.56 Å². The van der Waals surface area contributed by atoms with Gasteiger partial charge in [0, 0.05) is 23.2 Å². The Morgan fingerprint density at radius 2 is 1.45 bits per heavy atom. The second-order valence-electron chi connectivity index (χ2n) is 5.44. The van der Waals surface area contributed by atoms with Gasteiger partial charge in [0.25, 0.3) is 0 Å². The normalized spacial score (nSPS) is 10.7. The van der Waals surface area contributed by atoms with E-state index in [4.69, 9.17) is 5.73 Å². The number of amidine groups is 1. The van der Waals surface area contributed by atoms with E-state index in [1.807, 2.05) is 12.1 Å². The number of fused-ring (bicyclic) bond motifs is 3. The smallest absolute Gasteiger partial charge is 2.00 e. The number of para-hydroxylation sites is 1. The number of benzene rings is 2. The molecule has 0 amide bonds. The molecule has 0 aliphatic rings. The summed E-state index contributed by atoms with van der Waals surface area (Å²) in [6.45, 7) is 0. The van der Waals surface area contributed by atoms with Gasteiger partial charge in [-0.25, -0.2) is 0 Å². The summed E-state index contributed by atoms with van der Waals surface area (Å²) in [4.78, 5) is 8.69. The Hall–Kier alpha value is -3.04. The van der Waals surface area contributed by atoms with Crippen LogP contribution in [0.3, 0.4) is 0 Å². The maximum atomic E-state index is 11.1. The Bertz CT molecular complexity index is 1080. The number of nitrogens with zero attached hydrogens (tertiary/aromatic N) is 4. The molecule has 1 radical (unpaired) electrons. The fourth-order valence-corrected chi connectivity index (χ4v) is 2.46. The van der Waals surface area contributed by atoms with Crippen LogP contribution in [0.15, 0.2) is 83.3 Å². The number of nitrogens with two attached hydrogens (primary N) is 1. The summed E-state index contributed by atoms with van der Waals surface area (Å²) in [5, 5.41) is 20.3. The van der Waals surface area contributed by atoms with Crippen molar-refractivity contribution in [3.8, 4) is 5.75 Å². The predicted molar refractivity (Wildman–Crippen MR) is 110 cm³/mol. The SMILES string of the molecule is N/C([S-])=N/N=C/c1ccccc1[O-].[O-2].[V+4].c1cnc2c(c1)ccc1cccnc12. The summed E-state index contributed by atoms with van der Waals surface area (Å²) >= 11 is 4.46. The first-order valence-corrected chi connectivity index (χ1v) is 8.44. The molecule has 0 aliphatic heterocycles. The Morgan fingerprint density at radius 3 is 1.97 bits per heavy atom. The van der Waals surface area contributed by atoms with E-state index >= 15 is 0 Å². The van der Waals surface area contributed by atoms with E-state index in [2.05, 4.69) is 57.1 Å². The third-order valence-electron chi connectivity index (χ3n) is 3.62. The summed E-state index contributed by atoms with van der Waals surface area (Å²) in [6, 6.07) is 18.6. The molecule has 0 saturated carbocycles. The average molecular weight is 440 g/mol. The Kier molecular flexibility index (Phi) is 9.71. The monoisotopic (exact) mass is 440 g/mol. The fraction of sp³-hybridized carbons (Fsp3) is 0. The van der Waals surface area contributed by atoms with Crippen molar-refractivity contribution in [2.45, 2.75) is 0 Å². The molecule has 7 nitrogen and oxygen atoms in total. The third-order valence-corrected chi connectivity index (χ3v) is 3.70. The number of hydrogen-bond acceptors (Lipinski definition) is 6. The van der Waals surface area contributed by atoms with Crippen molar-refractivity contribution in [1.29, 1.82) is 0 Å². The molecule has 4 rings (SSSR count). The molecule has 0 fully saturated rings. The zero-order chi connectivity index (χ0) is 19.1. The Morgan fingerprint density at radius 1 is 0.897 bits per heavy atom. The number of pyridine rings is 2. The molecule has 0 bridgehead atoms. The molecule has 143 valence electrons. The molecule has 0 spiro atoms. The molecular weight excluding hydrogens is 425 g/mol. The van der Waals surface area contributed by atoms with Gasteiger partial charge in [-0.1, -0.05) is 54.3 Å². The van der Waals surface area contributed by atoms with Gasteiger partial charge in [-0.15, -0.1) is 0 Å². The van der Waals surface area contributed by atoms with Crippen molar-refractivity contribution in [2.24, 2.45) is 15.9 Å². The minimum Gasteiger partial charge on any atom is -2.00 e. The fourth-order valence-electron chi connectivity index (χ4n) is 2.41. The van der Waals surface area contributed by atoms with Crippen LogP contribution in [0, 0.1) is 0 Å². The van der Waals surface area contributed by atoms with Gasteiger partial charge < -0.3 is 28.9 Å². The third kappa shape index (κ3) is 6.51. The van der Waals surface area contributed by atoms with Crippen LogP contribution in [-0.4, -0.2) is 21.4 Å². The molecule has 0 saturated heterocycles. The van der Waals surface area contributed by atoms with Gasteiger partial charge in [0.2, 0.25) is 0 Å². The summed E-state index contributed by atoms with van der Waals surface area (Å²) in [5.41, 5.74) is 7.48. The van der Waals surface area contributed by atoms with Gasteiger partial charge in [-0.3, -0.25) is 9.97 Å². The van der Waals surface area contributed by atoms with Gasteiger partial charge in [0.1, 0.15) is 0 Å². The van der Waals surface area contributed by atoms with E-state index in [1.54, 1.807) is 30.6 Å². The largest absolute Gasteiger partial charge is 4.00 e. The summed E-state index contributed by atoms with van der Waals surface area (Å²) in [7, 11) is 0. The Balaban J connectivity index is 0.000000272. The summed E-state index contributed by atoms with van der Waals surface area (Å²) < 4.78 is 0. The maximum absolute atomic E-state index is 11.1. The predicted octanol–water partition coefficient (Wildman–Crippen LogP) is 2.62. The zero-order valence-corrected chi connectivity index (χ0v) is 17.3. The van der Waals surface area contributed by atoms with Crippen LogP contribution in [0.2, 0.25) is 0 Å². The van der Waals surface area contributed by atoms with E-state index in [1.165, 1.54) is 12.3 Å². The topological polar surface area (TPSA) is 128 Å². The minimum absolute atomic E-state index is 0. The van der Waals surface area contributed by atoms with Gasteiger partial charge in [-0.2, -0.15) is 10.2 Å². The van der Waals surface area contributed by atoms with Crippen molar-refractivity contribution >= 4 is 45.8 Å². The van der Waals surface area contributed by atoms with E-state index in [9.17, 15) is 5.11 Å². The van der Waals surface area contributed by atoms with Crippen molar-refractivity contribution in [3.63, 3.8) is 0 Å². The van der Waals surface area contributed by atoms with E-state index in [-0.39, 0.29) is 34.9 Å². The molecule has 2 aromatic heterocycles. The van der Waals surface area contributed by atoms with Gasteiger partial charge in [0.05, 0.1) is 17.2 Å². The van der Waals surface area contributed by atoms with Crippen LogP contribution in [0.5, 0.6) is 5.75 Å². The number of aromatic nitrogens is 2. The van der Waals surface area contributed by atoms with Gasteiger partial charge in [-0.05, 0) is 22.9 Å². The van der Waals surface area contributed by atoms with Crippen LogP contribution in [0.4, 0.5) is 0 Å². The standard InChI is InChI=1S/C12H8N2.C8H9N3OS.O.V/c1-3-9-5-6-10-4-2-8-14-12(10)11(9)13-7-1;9-8(13)11-10-5-6-3-1-2-4-7(6)12;;/h1-8H;1-5,12H,(H3,9,11,13);;/q;;-2;+4/p-2/b;10-5+;;. The maximum Gasteiger partial charge on any atom is 4.00 e. The second kappa shape index (κ2) is 11.7. The molecular formula is C20H15N5O2SV. The molecule has 0 atom stereocenters. The summed E-state index contributed by atoms with van der Waals surface area (Å²) in [5.74, 6) is -0.107. The van der Waals surface area contributed by atoms with Crippen molar-refractivity contribution in [1.82, 2.24) is 9.97 Å². The van der Waals surface area contributed by atoms with Crippen molar-refractivity contribution in [2.75, 3.05) is 0 Å². The first kappa shape index (κ1) is 24.0. The second-order valence-corrected chi connectivity index (χ2v) is 5.85. The first-order valence-electron chi connectivity index (χ1n) is 8.03.